The lowest BCUT2D eigenvalue weighted by molar-refractivity contribution is -0.141. The van der Waals surface area contributed by atoms with Crippen molar-refractivity contribution < 1.29 is 9.53 Å². The monoisotopic (exact) mass is 303 g/mol. The van der Waals surface area contributed by atoms with Crippen LogP contribution in [0.1, 0.15) is 17.5 Å². The van der Waals surface area contributed by atoms with E-state index in [-0.39, 0.29) is 11.3 Å². The molecular formula is C17H25N3O2. The highest BCUT2D eigenvalue weighted by Gasteiger charge is 2.50. The van der Waals surface area contributed by atoms with Crippen molar-refractivity contribution in [1.82, 2.24) is 16.0 Å². The summed E-state index contributed by atoms with van der Waals surface area (Å²) >= 11 is 0. The minimum absolute atomic E-state index is 0.126. The standard InChI is InChI=1S/C17H25N3O2/c1-18-8-13-4-2-3-5-14(13)9-20-16(21)17-11-19-10-15(17)6-7-22-12-17/h2-5,15,18-19H,6-12H2,1H3,(H,20,21)/t15-,17+/m1/s1. The fraction of sp³-hybridized carbons (Fsp3) is 0.588. The quantitative estimate of drug-likeness (QED) is 0.747. The number of rotatable bonds is 5. The molecule has 1 aromatic carbocycles. The third-order valence-corrected chi connectivity index (χ3v) is 4.96. The molecule has 1 amide bonds. The van der Waals surface area contributed by atoms with E-state index in [1.807, 2.05) is 19.2 Å². The first-order valence-electron chi connectivity index (χ1n) is 8.04. The predicted octanol–water partition coefficient (Wildman–Crippen LogP) is 0.648. The summed E-state index contributed by atoms with van der Waals surface area (Å²) in [6, 6.07) is 8.22. The highest BCUT2D eigenvalue weighted by molar-refractivity contribution is 5.84. The first kappa shape index (κ1) is 15.5. The zero-order valence-electron chi connectivity index (χ0n) is 13.2. The molecule has 2 aliphatic heterocycles. The molecule has 2 heterocycles. The van der Waals surface area contributed by atoms with E-state index in [1.165, 1.54) is 11.1 Å². The van der Waals surface area contributed by atoms with Crippen LogP contribution in [0.4, 0.5) is 0 Å². The second-order valence-corrected chi connectivity index (χ2v) is 6.31. The smallest absolute Gasteiger partial charge is 0.230 e. The molecule has 0 aliphatic carbocycles. The third kappa shape index (κ3) is 2.89. The molecular weight excluding hydrogens is 278 g/mol. The van der Waals surface area contributed by atoms with Crippen molar-refractivity contribution in [2.45, 2.75) is 19.5 Å². The van der Waals surface area contributed by atoms with Gasteiger partial charge in [0.2, 0.25) is 5.91 Å². The zero-order valence-corrected chi connectivity index (χ0v) is 13.2. The van der Waals surface area contributed by atoms with E-state index >= 15 is 0 Å². The van der Waals surface area contributed by atoms with Gasteiger partial charge in [-0.2, -0.15) is 0 Å². The second kappa shape index (κ2) is 6.77. The minimum Gasteiger partial charge on any atom is -0.380 e. The molecule has 3 N–H and O–H groups in total. The first-order chi connectivity index (χ1) is 10.8. The maximum Gasteiger partial charge on any atom is 0.230 e. The molecule has 0 unspecified atom stereocenters. The molecule has 0 spiro atoms. The number of hydrogen-bond acceptors (Lipinski definition) is 4. The summed E-state index contributed by atoms with van der Waals surface area (Å²) in [4.78, 5) is 12.8. The van der Waals surface area contributed by atoms with Crippen LogP contribution in [0.5, 0.6) is 0 Å². The van der Waals surface area contributed by atoms with E-state index in [1.54, 1.807) is 0 Å². The number of hydrogen-bond donors (Lipinski definition) is 3. The van der Waals surface area contributed by atoms with Crippen LogP contribution in [0, 0.1) is 11.3 Å². The van der Waals surface area contributed by atoms with E-state index in [0.717, 1.165) is 32.7 Å². The van der Waals surface area contributed by atoms with Gasteiger partial charge < -0.3 is 20.7 Å². The van der Waals surface area contributed by atoms with Crippen molar-refractivity contribution in [3.63, 3.8) is 0 Å². The maximum absolute atomic E-state index is 12.8. The molecule has 22 heavy (non-hydrogen) atoms. The van der Waals surface area contributed by atoms with Crippen LogP contribution >= 0.6 is 0 Å². The Hall–Kier alpha value is -1.43. The Kier molecular flexibility index (Phi) is 4.76. The van der Waals surface area contributed by atoms with Crippen molar-refractivity contribution in [1.29, 1.82) is 0 Å². The van der Waals surface area contributed by atoms with Crippen LogP contribution in [-0.2, 0) is 22.6 Å². The number of carbonyl (C=O) groups excluding carboxylic acids is 1. The molecule has 3 rings (SSSR count). The zero-order chi connectivity index (χ0) is 15.4. The van der Waals surface area contributed by atoms with Gasteiger partial charge in [0.15, 0.2) is 0 Å². The van der Waals surface area contributed by atoms with Gasteiger partial charge in [0.05, 0.1) is 12.0 Å². The highest BCUT2D eigenvalue weighted by atomic mass is 16.5. The van der Waals surface area contributed by atoms with Crippen molar-refractivity contribution in [2.75, 3.05) is 33.4 Å². The average molecular weight is 303 g/mol. The topological polar surface area (TPSA) is 62.4 Å². The summed E-state index contributed by atoms with van der Waals surface area (Å²) in [5.41, 5.74) is 2.01. The SMILES string of the molecule is CNCc1ccccc1CNC(=O)[C@]12CNC[C@H]1CCOC2. The summed E-state index contributed by atoms with van der Waals surface area (Å²) < 4.78 is 5.61. The molecule has 0 bridgehead atoms. The summed E-state index contributed by atoms with van der Waals surface area (Å²) in [5, 5.41) is 9.68. The molecule has 1 aromatic rings. The molecule has 120 valence electrons. The van der Waals surface area contributed by atoms with Gasteiger partial charge in [-0.05, 0) is 37.1 Å². The molecule has 2 fully saturated rings. The molecule has 2 aliphatic rings. The second-order valence-electron chi connectivity index (χ2n) is 6.31. The Morgan fingerprint density at radius 2 is 2.14 bits per heavy atom. The largest absolute Gasteiger partial charge is 0.380 e. The van der Waals surface area contributed by atoms with Gasteiger partial charge in [0.1, 0.15) is 0 Å². The molecule has 2 atom stereocenters. The maximum atomic E-state index is 12.8. The molecule has 0 radical (unpaired) electrons. The fourth-order valence-corrected chi connectivity index (χ4v) is 3.61. The summed E-state index contributed by atoms with van der Waals surface area (Å²) in [6.07, 6.45) is 0.969. The molecule has 2 saturated heterocycles. The van der Waals surface area contributed by atoms with Crippen LogP contribution in [0.15, 0.2) is 24.3 Å². The van der Waals surface area contributed by atoms with E-state index in [9.17, 15) is 4.79 Å². The first-order valence-corrected chi connectivity index (χ1v) is 8.04. The van der Waals surface area contributed by atoms with Gasteiger partial charge >= 0.3 is 0 Å². The number of fused-ring (bicyclic) bond motifs is 1. The van der Waals surface area contributed by atoms with Crippen LogP contribution in [0.2, 0.25) is 0 Å². The van der Waals surface area contributed by atoms with Crippen molar-refractivity contribution in [2.24, 2.45) is 11.3 Å². The lowest BCUT2D eigenvalue weighted by atomic mass is 9.75. The van der Waals surface area contributed by atoms with E-state index in [0.29, 0.717) is 19.1 Å². The van der Waals surface area contributed by atoms with Crippen LogP contribution < -0.4 is 16.0 Å². The van der Waals surface area contributed by atoms with Gasteiger partial charge in [-0.25, -0.2) is 0 Å². The molecule has 5 heteroatoms. The number of benzene rings is 1. The number of ether oxygens (including phenoxy) is 1. The lowest BCUT2D eigenvalue weighted by Gasteiger charge is -2.36. The van der Waals surface area contributed by atoms with Gasteiger partial charge in [-0.15, -0.1) is 0 Å². The lowest BCUT2D eigenvalue weighted by Crippen LogP contribution is -2.51. The average Bonchev–Trinajstić information content (AvgIpc) is 2.99. The van der Waals surface area contributed by atoms with E-state index in [2.05, 4.69) is 28.1 Å². The van der Waals surface area contributed by atoms with Crippen molar-refractivity contribution in [3.05, 3.63) is 35.4 Å². The Bertz CT molecular complexity index is 534. The van der Waals surface area contributed by atoms with Crippen LogP contribution in [-0.4, -0.2) is 39.3 Å². The minimum atomic E-state index is -0.379. The summed E-state index contributed by atoms with van der Waals surface area (Å²) in [5.74, 6) is 0.523. The van der Waals surface area contributed by atoms with Crippen LogP contribution in [0.25, 0.3) is 0 Å². The Labute approximate surface area is 131 Å². The van der Waals surface area contributed by atoms with Gasteiger partial charge in [-0.1, -0.05) is 24.3 Å². The fourth-order valence-electron chi connectivity index (χ4n) is 3.61. The van der Waals surface area contributed by atoms with Crippen molar-refractivity contribution >= 4 is 5.91 Å². The van der Waals surface area contributed by atoms with Gasteiger partial charge in [0.25, 0.3) is 0 Å². The number of amides is 1. The highest BCUT2D eigenvalue weighted by Crippen LogP contribution is 2.37. The normalized spacial score (nSPS) is 27.4. The molecule has 0 saturated carbocycles. The van der Waals surface area contributed by atoms with Gasteiger partial charge in [-0.3, -0.25) is 4.79 Å². The summed E-state index contributed by atoms with van der Waals surface area (Å²) in [7, 11) is 1.93. The number of nitrogens with one attached hydrogen (secondary N) is 3. The predicted molar refractivity (Wildman–Crippen MR) is 85.3 cm³/mol. The summed E-state index contributed by atoms with van der Waals surface area (Å²) in [6.45, 7) is 4.34. The Morgan fingerprint density at radius 1 is 1.36 bits per heavy atom. The third-order valence-electron chi connectivity index (χ3n) is 4.96. The van der Waals surface area contributed by atoms with Crippen molar-refractivity contribution in [3.8, 4) is 0 Å². The van der Waals surface area contributed by atoms with Crippen LogP contribution in [0.3, 0.4) is 0 Å². The molecule has 0 aromatic heterocycles. The molecule has 5 nitrogen and oxygen atoms in total. The Balaban J connectivity index is 1.67. The van der Waals surface area contributed by atoms with Gasteiger partial charge in [0, 0.05) is 26.2 Å². The Morgan fingerprint density at radius 3 is 2.91 bits per heavy atom. The van der Waals surface area contributed by atoms with E-state index in [4.69, 9.17) is 4.74 Å². The number of carbonyl (C=O) groups is 1. The van der Waals surface area contributed by atoms with E-state index < -0.39 is 0 Å².